The highest BCUT2D eigenvalue weighted by molar-refractivity contribution is 14.0. The second kappa shape index (κ2) is 9.94. The summed E-state index contributed by atoms with van der Waals surface area (Å²) < 4.78 is 11.7. The van der Waals surface area contributed by atoms with Crippen molar-refractivity contribution in [3.05, 3.63) is 21.9 Å². The number of rotatable bonds is 4. The van der Waals surface area contributed by atoms with Crippen LogP contribution in [0, 0.1) is 0 Å². The van der Waals surface area contributed by atoms with Crippen molar-refractivity contribution in [2.75, 3.05) is 33.4 Å². The van der Waals surface area contributed by atoms with Crippen molar-refractivity contribution in [3.8, 4) is 0 Å². The molecule has 1 aromatic rings. The lowest BCUT2D eigenvalue weighted by Crippen LogP contribution is -2.53. The molecule has 24 heavy (non-hydrogen) atoms. The second-order valence-electron chi connectivity index (χ2n) is 6.03. The molecule has 2 saturated heterocycles. The molecule has 136 valence electrons. The number of hydrogen-bond acceptors (Lipinski definition) is 4. The second-order valence-corrected chi connectivity index (χ2v) is 7.28. The maximum atomic E-state index is 5.92. The zero-order valence-corrected chi connectivity index (χ0v) is 17.6. The summed E-state index contributed by atoms with van der Waals surface area (Å²) >= 11 is 1.87. The minimum absolute atomic E-state index is 0. The fourth-order valence-electron chi connectivity index (χ4n) is 3.19. The van der Waals surface area contributed by atoms with Crippen LogP contribution in [0.25, 0.3) is 0 Å². The van der Waals surface area contributed by atoms with Gasteiger partial charge in [-0.3, -0.25) is 4.99 Å². The predicted octanol–water partition coefficient (Wildman–Crippen LogP) is 2.88. The Hall–Kier alpha value is -0.380. The standard InChI is InChI=1S/C17H27N3O2S.HI/c1-3-13-6-7-14(23-13)11-19-17(18-2)20-8-10-22-16(12-20)15-5-4-9-21-15;/h6-7,15-16H,3-5,8-12H2,1-2H3,(H,18,19);1H. The Kier molecular flexibility index (Phi) is 8.25. The van der Waals surface area contributed by atoms with Crippen molar-refractivity contribution < 1.29 is 9.47 Å². The van der Waals surface area contributed by atoms with E-state index in [-0.39, 0.29) is 36.2 Å². The van der Waals surface area contributed by atoms with Crippen LogP contribution in [0.4, 0.5) is 0 Å². The van der Waals surface area contributed by atoms with E-state index < -0.39 is 0 Å². The van der Waals surface area contributed by atoms with Crippen LogP contribution in [-0.4, -0.2) is 56.4 Å². The molecule has 0 aromatic carbocycles. The maximum Gasteiger partial charge on any atom is 0.194 e. The molecular weight excluding hydrogens is 437 g/mol. The van der Waals surface area contributed by atoms with E-state index in [1.165, 1.54) is 9.75 Å². The van der Waals surface area contributed by atoms with Gasteiger partial charge in [-0.2, -0.15) is 0 Å². The summed E-state index contributed by atoms with van der Waals surface area (Å²) in [5.41, 5.74) is 0. The fraction of sp³-hybridized carbons (Fsp3) is 0.706. The van der Waals surface area contributed by atoms with Gasteiger partial charge in [0, 0.05) is 36.5 Å². The van der Waals surface area contributed by atoms with E-state index in [0.717, 1.165) is 58.1 Å². The first-order chi connectivity index (χ1) is 11.3. The van der Waals surface area contributed by atoms with E-state index in [2.05, 4.69) is 34.3 Å². The predicted molar refractivity (Wildman–Crippen MR) is 110 cm³/mol. The first-order valence-electron chi connectivity index (χ1n) is 8.56. The van der Waals surface area contributed by atoms with E-state index in [1.807, 2.05) is 18.4 Å². The van der Waals surface area contributed by atoms with Gasteiger partial charge in [-0.25, -0.2) is 0 Å². The maximum absolute atomic E-state index is 5.92. The van der Waals surface area contributed by atoms with Crippen LogP contribution in [0.15, 0.2) is 17.1 Å². The van der Waals surface area contributed by atoms with E-state index in [4.69, 9.17) is 9.47 Å². The van der Waals surface area contributed by atoms with E-state index in [1.54, 1.807) is 0 Å². The number of guanidine groups is 1. The first-order valence-corrected chi connectivity index (χ1v) is 9.38. The molecule has 0 amide bonds. The molecule has 2 atom stereocenters. The Bertz CT molecular complexity index is 532. The Balaban J connectivity index is 0.00000208. The number of nitrogens with zero attached hydrogens (tertiary/aromatic N) is 2. The van der Waals surface area contributed by atoms with Gasteiger partial charge in [0.05, 0.1) is 19.3 Å². The molecule has 0 spiro atoms. The lowest BCUT2D eigenvalue weighted by atomic mass is 10.1. The molecule has 0 aliphatic carbocycles. The smallest absolute Gasteiger partial charge is 0.194 e. The number of thiophene rings is 1. The summed E-state index contributed by atoms with van der Waals surface area (Å²) in [6, 6.07) is 4.42. The number of nitrogens with one attached hydrogen (secondary N) is 1. The summed E-state index contributed by atoms with van der Waals surface area (Å²) in [6.45, 7) is 6.38. The minimum Gasteiger partial charge on any atom is -0.375 e. The van der Waals surface area contributed by atoms with Crippen molar-refractivity contribution in [2.45, 2.75) is 44.9 Å². The van der Waals surface area contributed by atoms with Gasteiger partial charge in [-0.15, -0.1) is 35.3 Å². The van der Waals surface area contributed by atoms with Crippen LogP contribution >= 0.6 is 35.3 Å². The molecule has 2 aliphatic heterocycles. The van der Waals surface area contributed by atoms with Gasteiger partial charge in [0.25, 0.3) is 0 Å². The van der Waals surface area contributed by atoms with E-state index in [9.17, 15) is 0 Å². The summed E-state index contributed by atoms with van der Waals surface area (Å²) in [6.07, 6.45) is 3.78. The fourth-order valence-corrected chi connectivity index (χ4v) is 4.09. The molecule has 3 heterocycles. The molecule has 7 heteroatoms. The van der Waals surface area contributed by atoms with Crippen LogP contribution in [0.2, 0.25) is 0 Å². The van der Waals surface area contributed by atoms with Crippen LogP contribution in [0.5, 0.6) is 0 Å². The van der Waals surface area contributed by atoms with Crippen molar-refractivity contribution >= 4 is 41.3 Å². The lowest BCUT2D eigenvalue weighted by Gasteiger charge is -2.37. The molecule has 0 radical (unpaired) electrons. The zero-order chi connectivity index (χ0) is 16.1. The average Bonchev–Trinajstić information content (AvgIpc) is 3.27. The topological polar surface area (TPSA) is 46.1 Å². The van der Waals surface area contributed by atoms with Gasteiger partial charge >= 0.3 is 0 Å². The monoisotopic (exact) mass is 465 g/mol. The number of aliphatic imine (C=N–C) groups is 1. The van der Waals surface area contributed by atoms with Gasteiger partial charge in [-0.05, 0) is 31.4 Å². The highest BCUT2D eigenvalue weighted by Crippen LogP contribution is 2.21. The summed E-state index contributed by atoms with van der Waals surface area (Å²) in [7, 11) is 1.85. The van der Waals surface area contributed by atoms with Crippen LogP contribution in [0.1, 0.15) is 29.5 Å². The number of morpholine rings is 1. The van der Waals surface area contributed by atoms with Crippen LogP contribution in [0.3, 0.4) is 0 Å². The van der Waals surface area contributed by atoms with Gasteiger partial charge in [0.1, 0.15) is 6.10 Å². The largest absolute Gasteiger partial charge is 0.375 e. The number of aryl methyl sites for hydroxylation is 1. The van der Waals surface area contributed by atoms with Gasteiger partial charge in [-0.1, -0.05) is 6.92 Å². The zero-order valence-electron chi connectivity index (χ0n) is 14.5. The molecule has 2 fully saturated rings. The van der Waals surface area contributed by atoms with E-state index in [0.29, 0.717) is 0 Å². The molecule has 2 aliphatic rings. The van der Waals surface area contributed by atoms with Crippen LogP contribution in [-0.2, 0) is 22.4 Å². The lowest BCUT2D eigenvalue weighted by molar-refractivity contribution is -0.0817. The molecule has 5 nitrogen and oxygen atoms in total. The highest BCUT2D eigenvalue weighted by atomic mass is 127. The molecule has 3 rings (SSSR count). The number of hydrogen-bond donors (Lipinski definition) is 1. The average molecular weight is 465 g/mol. The molecule has 0 saturated carbocycles. The third-order valence-electron chi connectivity index (χ3n) is 4.47. The minimum atomic E-state index is 0. The molecule has 2 unspecified atom stereocenters. The summed E-state index contributed by atoms with van der Waals surface area (Å²) in [5, 5.41) is 3.49. The quantitative estimate of drug-likeness (QED) is 0.422. The Morgan fingerprint density at radius 2 is 2.08 bits per heavy atom. The first kappa shape index (κ1) is 19.9. The highest BCUT2D eigenvalue weighted by Gasteiger charge is 2.32. The molecule has 0 bridgehead atoms. The van der Waals surface area contributed by atoms with Crippen molar-refractivity contribution in [1.82, 2.24) is 10.2 Å². The third kappa shape index (κ3) is 5.06. The van der Waals surface area contributed by atoms with Gasteiger partial charge in [0.2, 0.25) is 0 Å². The SMILES string of the molecule is CCc1ccc(CNC(=NC)N2CCOC(C3CCCO3)C2)s1.I. The van der Waals surface area contributed by atoms with Crippen molar-refractivity contribution in [2.24, 2.45) is 4.99 Å². The third-order valence-corrected chi connectivity index (χ3v) is 5.70. The summed E-state index contributed by atoms with van der Waals surface area (Å²) in [4.78, 5) is 9.54. The van der Waals surface area contributed by atoms with Gasteiger partial charge in [0.15, 0.2) is 5.96 Å². The normalized spacial score (nSPS) is 24.8. The Morgan fingerprint density at radius 1 is 1.29 bits per heavy atom. The van der Waals surface area contributed by atoms with E-state index >= 15 is 0 Å². The Morgan fingerprint density at radius 3 is 2.75 bits per heavy atom. The molecule has 1 aromatic heterocycles. The number of halogens is 1. The molecular formula is C17H28IN3O2S. The van der Waals surface area contributed by atoms with Crippen molar-refractivity contribution in [3.63, 3.8) is 0 Å². The molecule has 1 N–H and O–H groups in total. The summed E-state index contributed by atoms with van der Waals surface area (Å²) in [5.74, 6) is 0.961. The number of ether oxygens (including phenoxy) is 2. The Labute approximate surface area is 165 Å². The van der Waals surface area contributed by atoms with Crippen LogP contribution < -0.4 is 5.32 Å². The van der Waals surface area contributed by atoms with Gasteiger partial charge < -0.3 is 19.7 Å². The van der Waals surface area contributed by atoms with Crippen molar-refractivity contribution in [1.29, 1.82) is 0 Å².